The number of hydrogen-bond donors (Lipinski definition) is 0. The summed E-state index contributed by atoms with van der Waals surface area (Å²) >= 11 is 0. The Balaban J connectivity index is 0.903. The third-order valence-electron chi connectivity index (χ3n) is 19.9. The molecule has 0 fully saturated rings. The van der Waals surface area contributed by atoms with Gasteiger partial charge in [0.1, 0.15) is 22.3 Å². The molecule has 0 aliphatic rings. The lowest BCUT2D eigenvalue weighted by molar-refractivity contribution is 0.640. The Morgan fingerprint density at radius 3 is 0.833 bits per heavy atom. The molecule has 90 heavy (non-hydrogen) atoms. The van der Waals surface area contributed by atoms with Crippen molar-refractivity contribution in [2.75, 3.05) is 9.80 Å². The average molecular weight is 1170 g/mol. The maximum absolute atomic E-state index is 7.44. The number of rotatable bonds is 14. The molecule has 15 aromatic rings. The van der Waals surface area contributed by atoms with E-state index in [0.29, 0.717) is 0 Å². The molecule has 0 aliphatic heterocycles. The van der Waals surface area contributed by atoms with Crippen LogP contribution < -0.4 is 9.80 Å². The Kier molecular flexibility index (Phi) is 13.5. The quantitative estimate of drug-likeness (QED) is 0.109. The van der Waals surface area contributed by atoms with Crippen molar-refractivity contribution >= 4 is 99.5 Å². The van der Waals surface area contributed by atoms with Gasteiger partial charge in [0.05, 0.1) is 16.8 Å². The number of nitrogens with zero attached hydrogens (tertiary/aromatic N) is 2. The van der Waals surface area contributed by atoms with Gasteiger partial charge in [-0.05, 0) is 116 Å². The summed E-state index contributed by atoms with van der Waals surface area (Å²) < 4.78 is 14.6. The monoisotopic (exact) mass is 1160 g/mol. The van der Waals surface area contributed by atoms with Gasteiger partial charge in [0, 0.05) is 83.5 Å². The topological polar surface area (TPSA) is 32.8 Å². The van der Waals surface area contributed by atoms with E-state index in [1.54, 1.807) is 0 Å². The summed E-state index contributed by atoms with van der Waals surface area (Å²) in [5, 5.41) is 8.52. The maximum Gasteiger partial charge on any atom is 0.147 e. The number of anilines is 6. The zero-order valence-electron chi connectivity index (χ0n) is 52.4. The predicted molar refractivity (Wildman–Crippen MR) is 380 cm³/mol. The van der Waals surface area contributed by atoms with Gasteiger partial charge in [0.25, 0.3) is 0 Å². The summed E-state index contributed by atoms with van der Waals surface area (Å²) in [6.07, 6.45) is 0. The zero-order chi connectivity index (χ0) is 61.5. The minimum absolute atomic E-state index is 0.204. The van der Waals surface area contributed by atoms with E-state index in [0.717, 1.165) is 99.5 Å². The summed E-state index contributed by atoms with van der Waals surface area (Å²) in [6, 6.07) is 106. The highest BCUT2D eigenvalue weighted by molar-refractivity contribution is 6.32. The summed E-state index contributed by atoms with van der Waals surface area (Å²) in [7, 11) is 0. The van der Waals surface area contributed by atoms with E-state index < -0.39 is 0 Å². The van der Waals surface area contributed by atoms with Crippen LogP contribution in [0.2, 0.25) is 0 Å². The number of benzene rings is 13. The van der Waals surface area contributed by atoms with Gasteiger partial charge in [-0.15, -0.1) is 0 Å². The molecule has 0 radical (unpaired) electrons. The van der Waals surface area contributed by atoms with Crippen molar-refractivity contribution in [3.63, 3.8) is 0 Å². The van der Waals surface area contributed by atoms with Gasteiger partial charge < -0.3 is 18.6 Å². The van der Waals surface area contributed by atoms with Crippen LogP contribution in [-0.4, -0.2) is 0 Å². The molecule has 0 N–H and O–H groups in total. The van der Waals surface area contributed by atoms with Crippen molar-refractivity contribution in [1.82, 2.24) is 0 Å². The molecule has 0 saturated carbocycles. The molecule has 4 nitrogen and oxygen atoms in total. The van der Waals surface area contributed by atoms with Gasteiger partial charge in [0.15, 0.2) is 0 Å². The molecule has 0 unspecified atom stereocenters. The van der Waals surface area contributed by atoms with Crippen LogP contribution in [0.15, 0.2) is 300 Å². The third-order valence-corrected chi connectivity index (χ3v) is 19.9. The molecule has 2 heterocycles. The Hall–Kier alpha value is -10.4. The predicted octanol–water partition coefficient (Wildman–Crippen LogP) is 24.0. The maximum atomic E-state index is 7.44. The Labute approximate surface area is 527 Å². The fourth-order valence-corrected chi connectivity index (χ4v) is 14.2. The minimum Gasteiger partial charge on any atom is -0.456 e. The molecule has 0 amide bonds. The standard InChI is InChI=1S/C86H72N2O2/c1-83(2,57-25-13-9-14-26-57)61-37-45-65(46-38-61)87(66-47-39-62(40-48-66)84(3,4)58-27-15-10-16-28-58)74-55-77-79(71-35-23-21-33-69(71)74)73-53-54-76-81(82(73)90-77)80-72-36-24-22-34-70(72)75(56-78(80)89-76)88(67-49-41-63(42-50-67)85(5,6)59-29-17-11-18-30-59)68-51-43-64(44-52-68)86(7,8)60-31-19-12-20-32-60/h9-56H,1-8H3. The second kappa shape index (κ2) is 21.7. The second-order valence-electron chi connectivity index (χ2n) is 26.5. The zero-order valence-corrected chi connectivity index (χ0v) is 52.4. The summed E-state index contributed by atoms with van der Waals surface area (Å²) in [5.41, 5.74) is 18.7. The fraction of sp³-hybridized carbons (Fsp3) is 0.140. The van der Waals surface area contributed by atoms with Crippen molar-refractivity contribution in [2.24, 2.45) is 0 Å². The molecule has 15 rings (SSSR count). The van der Waals surface area contributed by atoms with Crippen LogP contribution in [0.25, 0.3) is 65.4 Å². The first-order valence-electron chi connectivity index (χ1n) is 31.6. The van der Waals surface area contributed by atoms with Crippen molar-refractivity contribution in [2.45, 2.75) is 77.0 Å². The lowest BCUT2D eigenvalue weighted by atomic mass is 9.78. The van der Waals surface area contributed by atoms with Gasteiger partial charge in [-0.2, -0.15) is 0 Å². The Morgan fingerprint density at radius 2 is 0.500 bits per heavy atom. The first-order chi connectivity index (χ1) is 43.7. The van der Waals surface area contributed by atoms with Crippen LogP contribution in [0.5, 0.6) is 0 Å². The second-order valence-corrected chi connectivity index (χ2v) is 26.5. The highest BCUT2D eigenvalue weighted by Crippen LogP contribution is 2.51. The van der Waals surface area contributed by atoms with E-state index in [1.807, 2.05) is 0 Å². The van der Waals surface area contributed by atoms with Crippen LogP contribution in [0.4, 0.5) is 34.1 Å². The summed E-state index contributed by atoms with van der Waals surface area (Å²) in [4.78, 5) is 4.81. The SMILES string of the molecule is CC(C)(c1ccccc1)c1ccc(N(c2ccc(C(C)(C)c3ccccc3)cc2)c2cc3oc4c(ccc5oc6cc(N(c7ccc(C(C)(C)c8ccccc8)cc7)c7ccc(C(C)(C)c8ccccc8)cc7)c7ccccc7c6c54)c3c3ccccc23)cc1. The lowest BCUT2D eigenvalue weighted by Crippen LogP contribution is -2.19. The average Bonchev–Trinajstić information content (AvgIpc) is 1.53. The van der Waals surface area contributed by atoms with E-state index in [2.05, 4.69) is 356 Å². The molecular formula is C86H72N2O2. The molecule has 2 aromatic heterocycles. The van der Waals surface area contributed by atoms with Crippen molar-refractivity contribution in [3.05, 3.63) is 336 Å². The van der Waals surface area contributed by atoms with Crippen LogP contribution >= 0.6 is 0 Å². The van der Waals surface area contributed by atoms with Crippen molar-refractivity contribution in [3.8, 4) is 0 Å². The molecule has 0 atom stereocenters. The van der Waals surface area contributed by atoms with Crippen molar-refractivity contribution in [1.29, 1.82) is 0 Å². The smallest absolute Gasteiger partial charge is 0.147 e. The highest BCUT2D eigenvalue weighted by atomic mass is 16.3. The van der Waals surface area contributed by atoms with Gasteiger partial charge >= 0.3 is 0 Å². The first kappa shape index (κ1) is 56.1. The van der Waals surface area contributed by atoms with Crippen LogP contribution in [0.1, 0.15) is 99.9 Å². The highest BCUT2D eigenvalue weighted by Gasteiger charge is 2.31. The molecule has 4 heteroatoms. The van der Waals surface area contributed by atoms with Gasteiger partial charge in [-0.3, -0.25) is 0 Å². The molecule has 0 saturated heterocycles. The van der Waals surface area contributed by atoms with Crippen LogP contribution in [0.3, 0.4) is 0 Å². The lowest BCUT2D eigenvalue weighted by Gasteiger charge is -2.31. The largest absolute Gasteiger partial charge is 0.456 e. The van der Waals surface area contributed by atoms with E-state index in [4.69, 9.17) is 8.83 Å². The molecule has 13 aromatic carbocycles. The van der Waals surface area contributed by atoms with Crippen LogP contribution in [0, 0.1) is 0 Å². The Bertz CT molecular complexity index is 4930. The molecule has 0 aliphatic carbocycles. The van der Waals surface area contributed by atoms with E-state index >= 15 is 0 Å². The number of hydrogen-bond acceptors (Lipinski definition) is 4. The van der Waals surface area contributed by atoms with Gasteiger partial charge in [-0.1, -0.05) is 274 Å². The number of furan rings is 2. The van der Waals surface area contributed by atoms with Gasteiger partial charge in [0.2, 0.25) is 0 Å². The van der Waals surface area contributed by atoms with Crippen LogP contribution in [-0.2, 0) is 21.7 Å². The van der Waals surface area contributed by atoms with Gasteiger partial charge in [-0.25, -0.2) is 0 Å². The minimum atomic E-state index is -0.205. The number of fused-ring (bicyclic) bond motifs is 11. The molecule has 0 spiro atoms. The third kappa shape index (κ3) is 9.35. The summed E-state index contributed by atoms with van der Waals surface area (Å²) in [5.74, 6) is 0. The van der Waals surface area contributed by atoms with Crippen molar-refractivity contribution < 1.29 is 8.83 Å². The molecule has 438 valence electrons. The normalized spacial score (nSPS) is 12.4. The fourth-order valence-electron chi connectivity index (χ4n) is 14.2. The first-order valence-corrected chi connectivity index (χ1v) is 31.6. The van der Waals surface area contributed by atoms with E-state index in [-0.39, 0.29) is 21.7 Å². The molecule has 0 bridgehead atoms. The Morgan fingerprint density at radius 1 is 0.222 bits per heavy atom. The molecular weight excluding hydrogens is 1090 g/mol. The summed E-state index contributed by atoms with van der Waals surface area (Å²) in [6.45, 7) is 18.5. The van der Waals surface area contributed by atoms with E-state index in [9.17, 15) is 0 Å². The van der Waals surface area contributed by atoms with E-state index in [1.165, 1.54) is 44.5 Å².